The minimum atomic E-state index is -1.19. The molecule has 0 spiro atoms. The Morgan fingerprint density at radius 3 is 2.50 bits per heavy atom. The van der Waals surface area contributed by atoms with Crippen LogP contribution in [0.15, 0.2) is 12.3 Å². The molecule has 0 atom stereocenters. The molecule has 0 fully saturated rings. The summed E-state index contributed by atoms with van der Waals surface area (Å²) >= 11 is 0. The third-order valence-electron chi connectivity index (χ3n) is 0.319. The Kier molecular flexibility index (Phi) is 3.34. The molecule has 0 aliphatic heterocycles. The Labute approximate surface area is 42.3 Å². The van der Waals surface area contributed by atoms with Crippen molar-refractivity contribution in [1.29, 1.82) is 0 Å². The maximum absolute atomic E-state index is 5.19. The molecular weight excluding hydrogens is 110 g/mol. The predicted octanol–water partition coefficient (Wildman–Crippen LogP) is -0.741. The van der Waals surface area contributed by atoms with Crippen molar-refractivity contribution in [3.05, 3.63) is 12.3 Å². The highest BCUT2D eigenvalue weighted by molar-refractivity contribution is 6.57. The van der Waals surface area contributed by atoms with Crippen molar-refractivity contribution in [2.45, 2.75) is 0 Å². The quantitative estimate of drug-likeness (QED) is 0.481. The van der Waals surface area contributed by atoms with Crippen molar-refractivity contribution in [3.63, 3.8) is 0 Å². The third-order valence-corrected chi connectivity index (χ3v) is 1.66. The maximum Gasteiger partial charge on any atom is 0.318 e. The van der Waals surface area contributed by atoms with E-state index < -0.39 is 9.20 Å². The van der Waals surface area contributed by atoms with E-state index >= 15 is 0 Å². The number of hydrogen-bond acceptors (Lipinski definition) is 2. The summed E-state index contributed by atoms with van der Waals surface area (Å²) in [6.45, 7) is 3.40. The van der Waals surface area contributed by atoms with Gasteiger partial charge in [0.15, 0.2) is 0 Å². The molecule has 2 N–H and O–H groups in total. The lowest BCUT2D eigenvalue weighted by Gasteiger charge is -1.92. The minimum absolute atomic E-state index is 1.19. The second-order valence-electron chi connectivity index (χ2n) is 0.709. The Morgan fingerprint density at radius 2 is 2.50 bits per heavy atom. The van der Waals surface area contributed by atoms with Gasteiger partial charge in [0.25, 0.3) is 0 Å². The molecule has 0 saturated carbocycles. The summed E-state index contributed by atoms with van der Waals surface area (Å²) in [5.41, 5.74) is 1.58. The molecule has 0 aliphatic rings. The fourth-order valence-corrected chi connectivity index (χ4v) is 0.375. The molecule has 0 rings (SSSR count). The van der Waals surface area contributed by atoms with Gasteiger partial charge in [0.1, 0.15) is 0 Å². The van der Waals surface area contributed by atoms with Crippen molar-refractivity contribution < 1.29 is 4.12 Å². The van der Waals surface area contributed by atoms with Gasteiger partial charge in [-0.2, -0.15) is 0 Å². The van der Waals surface area contributed by atoms with Crippen LogP contribution in [-0.4, -0.2) is 19.7 Å². The number of hydrogen-bond donors (Lipinski definition) is 1. The van der Waals surface area contributed by atoms with Crippen LogP contribution < -0.4 is 5.40 Å². The van der Waals surface area contributed by atoms with Gasteiger partial charge < -0.3 is 9.51 Å². The lowest BCUT2D eigenvalue weighted by molar-refractivity contribution is 0.647. The highest BCUT2D eigenvalue weighted by atomic mass is 28.3. The fraction of sp³-hybridized carbons (Fsp3) is 0. The standard InChI is InChI=1S/C2H5NOSi2/c1-2-6(3)4-5/h2H,1,3H2. The first-order chi connectivity index (χ1) is 2.81. The van der Waals surface area contributed by atoms with Crippen LogP contribution in [0.5, 0.6) is 0 Å². The maximum atomic E-state index is 5.19. The predicted molar refractivity (Wildman–Crippen MR) is 27.0 cm³/mol. The Balaban J connectivity index is 2.96. The first-order valence-corrected chi connectivity index (χ1v) is 3.37. The smallest absolute Gasteiger partial charge is 0.318 e. The second-order valence-corrected chi connectivity index (χ2v) is 2.74. The Bertz CT molecular complexity index is 48.8. The first-order valence-electron chi connectivity index (χ1n) is 1.39. The zero-order chi connectivity index (χ0) is 4.99. The molecule has 0 heterocycles. The lowest BCUT2D eigenvalue weighted by atomic mass is 11.3. The van der Waals surface area contributed by atoms with Crippen LogP contribution in [0.3, 0.4) is 0 Å². The molecule has 2 nitrogen and oxygen atoms in total. The highest BCUT2D eigenvalue weighted by Crippen LogP contribution is 1.66. The number of rotatable bonds is 2. The van der Waals surface area contributed by atoms with Crippen LogP contribution in [-0.2, 0) is 4.12 Å². The van der Waals surface area contributed by atoms with Crippen LogP contribution in [0.2, 0.25) is 0 Å². The average molecular weight is 115 g/mol. The summed E-state index contributed by atoms with van der Waals surface area (Å²) in [7, 11) is 1.58. The van der Waals surface area contributed by atoms with E-state index in [0.717, 1.165) is 0 Å². The molecule has 32 valence electrons. The van der Waals surface area contributed by atoms with Crippen molar-refractivity contribution in [1.82, 2.24) is 0 Å². The van der Waals surface area contributed by atoms with Gasteiger partial charge in [-0.05, 0) is 0 Å². The second kappa shape index (κ2) is 3.29. The van der Waals surface area contributed by atoms with E-state index in [1.54, 1.807) is 5.70 Å². The van der Waals surface area contributed by atoms with E-state index in [2.05, 4.69) is 21.2 Å². The fourth-order valence-electron chi connectivity index (χ4n) is 0.0417. The van der Waals surface area contributed by atoms with Gasteiger partial charge in [-0.1, -0.05) is 5.70 Å². The van der Waals surface area contributed by atoms with Gasteiger partial charge in [0, 0.05) is 0 Å². The van der Waals surface area contributed by atoms with Gasteiger partial charge in [-0.25, -0.2) is 0 Å². The summed E-state index contributed by atoms with van der Waals surface area (Å²) in [6, 6.07) is 0. The van der Waals surface area contributed by atoms with E-state index in [4.69, 9.17) is 5.40 Å². The molecule has 0 aromatic heterocycles. The molecule has 0 aromatic carbocycles. The van der Waals surface area contributed by atoms with E-state index in [1.165, 1.54) is 0 Å². The van der Waals surface area contributed by atoms with Crippen LogP contribution in [0.1, 0.15) is 0 Å². The van der Waals surface area contributed by atoms with Gasteiger partial charge >= 0.3 is 9.20 Å². The largest absolute Gasteiger partial charge is 0.442 e. The minimum Gasteiger partial charge on any atom is -0.442 e. The Hall–Kier alpha value is 0.0938. The molecular formula is C2H5NOSi2. The topological polar surface area (TPSA) is 35.2 Å². The van der Waals surface area contributed by atoms with E-state index in [0.29, 0.717) is 0 Å². The first kappa shape index (κ1) is 6.09. The summed E-state index contributed by atoms with van der Waals surface area (Å²) in [6.07, 6.45) is 0. The van der Waals surface area contributed by atoms with Crippen molar-refractivity contribution >= 4 is 19.7 Å². The molecule has 4 heteroatoms. The normalized spacial score (nSPS) is 9.17. The lowest BCUT2D eigenvalue weighted by Crippen LogP contribution is -2.25. The third kappa shape index (κ3) is 2.34. The van der Waals surface area contributed by atoms with Gasteiger partial charge in [0.2, 0.25) is 10.5 Å². The SMILES string of the molecule is C=C[Si](N)O[Si]. The molecule has 0 aliphatic carbocycles. The summed E-state index contributed by atoms with van der Waals surface area (Å²) in [5.74, 6) is 0. The van der Waals surface area contributed by atoms with E-state index in [9.17, 15) is 0 Å². The van der Waals surface area contributed by atoms with Crippen LogP contribution in [0, 0.1) is 0 Å². The van der Waals surface area contributed by atoms with Crippen LogP contribution in [0.25, 0.3) is 0 Å². The van der Waals surface area contributed by atoms with Crippen molar-refractivity contribution in [3.8, 4) is 0 Å². The molecule has 0 saturated heterocycles. The summed E-state index contributed by atoms with van der Waals surface area (Å²) < 4.78 is 4.47. The van der Waals surface area contributed by atoms with Gasteiger partial charge in [0.05, 0.1) is 0 Å². The molecule has 0 aromatic rings. The van der Waals surface area contributed by atoms with Crippen LogP contribution >= 0.6 is 0 Å². The molecule has 0 bridgehead atoms. The van der Waals surface area contributed by atoms with Gasteiger partial charge in [-0.15, -0.1) is 6.58 Å². The highest BCUT2D eigenvalue weighted by Gasteiger charge is 1.91. The zero-order valence-corrected chi connectivity index (χ0v) is 5.27. The zero-order valence-electron chi connectivity index (χ0n) is 3.27. The van der Waals surface area contributed by atoms with E-state index in [1.807, 2.05) is 0 Å². The van der Waals surface area contributed by atoms with Gasteiger partial charge in [-0.3, -0.25) is 0 Å². The average Bonchev–Trinajstić information content (AvgIpc) is 1.65. The molecule has 0 amide bonds. The monoisotopic (exact) mass is 115 g/mol. The number of nitrogens with two attached hydrogens (primary N) is 1. The Morgan fingerprint density at radius 1 is 2.00 bits per heavy atom. The molecule has 4 radical (unpaired) electrons. The van der Waals surface area contributed by atoms with Crippen LogP contribution in [0.4, 0.5) is 0 Å². The van der Waals surface area contributed by atoms with Crippen molar-refractivity contribution in [2.75, 3.05) is 0 Å². The summed E-state index contributed by atoms with van der Waals surface area (Å²) in [5, 5.41) is 5.19. The van der Waals surface area contributed by atoms with Crippen molar-refractivity contribution in [2.24, 2.45) is 5.40 Å². The van der Waals surface area contributed by atoms with E-state index in [-0.39, 0.29) is 0 Å². The summed E-state index contributed by atoms with van der Waals surface area (Å²) in [4.78, 5) is 0. The molecule has 6 heavy (non-hydrogen) atoms. The molecule has 0 unspecified atom stereocenters.